The van der Waals surface area contributed by atoms with Gasteiger partial charge in [0.1, 0.15) is 5.82 Å². The van der Waals surface area contributed by atoms with Gasteiger partial charge in [0.15, 0.2) is 11.8 Å². The molecule has 1 N–H and O–H groups in total. The molecular weight excluding hydrogens is 467 g/mol. The van der Waals surface area contributed by atoms with Crippen molar-refractivity contribution in [3.8, 4) is 0 Å². The van der Waals surface area contributed by atoms with Gasteiger partial charge in [0.05, 0.1) is 22.8 Å². The summed E-state index contributed by atoms with van der Waals surface area (Å²) >= 11 is 3.16. The van der Waals surface area contributed by atoms with Crippen LogP contribution in [0.5, 0.6) is 0 Å². The van der Waals surface area contributed by atoms with Crippen LogP contribution in [0.15, 0.2) is 34.9 Å². The molecule has 0 aliphatic rings. The van der Waals surface area contributed by atoms with Crippen molar-refractivity contribution in [3.63, 3.8) is 0 Å². The zero-order valence-electron chi connectivity index (χ0n) is 17.9. The van der Waals surface area contributed by atoms with E-state index >= 15 is 0 Å². The van der Waals surface area contributed by atoms with Gasteiger partial charge >= 0.3 is 5.97 Å². The number of nitrogens with zero attached hydrogens (tertiary/aromatic N) is 3. The van der Waals surface area contributed by atoms with Gasteiger partial charge < -0.3 is 10.1 Å². The molecule has 0 saturated carbocycles. The van der Waals surface area contributed by atoms with E-state index in [1.54, 1.807) is 23.0 Å². The van der Waals surface area contributed by atoms with E-state index in [9.17, 15) is 14.0 Å². The van der Waals surface area contributed by atoms with Gasteiger partial charge in [-0.3, -0.25) is 4.79 Å². The predicted octanol–water partition coefficient (Wildman–Crippen LogP) is 5.22. The average Bonchev–Trinajstić information content (AvgIpc) is 3.13. The second-order valence-electron chi connectivity index (χ2n) is 7.83. The van der Waals surface area contributed by atoms with Crippen LogP contribution in [0.25, 0.3) is 11.0 Å². The maximum atomic E-state index is 14.0. The largest absolute Gasteiger partial charge is 0.449 e. The number of carbonyl (C=O) groups excluding carboxylic acids is 2. The number of rotatable bonds is 6. The third-order valence-electron chi connectivity index (χ3n) is 4.73. The average molecular weight is 491 g/mol. The highest BCUT2D eigenvalue weighted by atomic mass is 79.9. The monoisotopic (exact) mass is 490 g/mol. The van der Waals surface area contributed by atoms with E-state index in [2.05, 4.69) is 31.3 Å². The lowest BCUT2D eigenvalue weighted by Gasteiger charge is -2.15. The van der Waals surface area contributed by atoms with Crippen LogP contribution in [0.4, 0.5) is 10.1 Å². The fraction of sp³-hybridized carbons (Fsp3) is 0.364. The SMILES string of the molecule is CC(OC(=O)c1cc(C(C)C)nc2c1cnn2C(C)C)C(=O)Nc1ccc(Br)cc1F. The number of benzene rings is 1. The maximum absolute atomic E-state index is 14.0. The minimum absolute atomic E-state index is 0.00250. The Morgan fingerprint density at radius 2 is 1.87 bits per heavy atom. The molecule has 3 rings (SSSR count). The normalized spacial score (nSPS) is 12.4. The highest BCUT2D eigenvalue weighted by Crippen LogP contribution is 2.25. The van der Waals surface area contributed by atoms with E-state index in [-0.39, 0.29) is 23.2 Å². The van der Waals surface area contributed by atoms with Crippen LogP contribution in [-0.4, -0.2) is 32.7 Å². The molecule has 9 heteroatoms. The molecule has 31 heavy (non-hydrogen) atoms. The van der Waals surface area contributed by atoms with Crippen LogP contribution in [0.3, 0.4) is 0 Å². The first-order chi connectivity index (χ1) is 14.6. The fourth-order valence-electron chi connectivity index (χ4n) is 2.98. The fourth-order valence-corrected chi connectivity index (χ4v) is 3.32. The third kappa shape index (κ3) is 4.92. The van der Waals surface area contributed by atoms with Crippen molar-refractivity contribution in [2.24, 2.45) is 0 Å². The number of fused-ring (bicyclic) bond motifs is 1. The van der Waals surface area contributed by atoms with Gasteiger partial charge in [0.2, 0.25) is 0 Å². The molecule has 1 unspecified atom stereocenters. The Balaban J connectivity index is 1.85. The van der Waals surface area contributed by atoms with E-state index in [4.69, 9.17) is 4.74 Å². The molecule has 0 aliphatic carbocycles. The molecule has 0 aliphatic heterocycles. The molecule has 1 atom stereocenters. The highest BCUT2D eigenvalue weighted by molar-refractivity contribution is 9.10. The second kappa shape index (κ2) is 9.13. The summed E-state index contributed by atoms with van der Waals surface area (Å²) in [5.74, 6) is -1.83. The van der Waals surface area contributed by atoms with Crippen molar-refractivity contribution >= 4 is 44.5 Å². The molecule has 2 heterocycles. The lowest BCUT2D eigenvalue weighted by Crippen LogP contribution is -2.30. The van der Waals surface area contributed by atoms with Crippen molar-refractivity contribution in [1.82, 2.24) is 14.8 Å². The van der Waals surface area contributed by atoms with Gasteiger partial charge in [0.25, 0.3) is 5.91 Å². The van der Waals surface area contributed by atoms with Gasteiger partial charge in [0, 0.05) is 16.2 Å². The van der Waals surface area contributed by atoms with Gasteiger partial charge in [-0.15, -0.1) is 0 Å². The number of anilines is 1. The number of nitrogens with one attached hydrogen (secondary N) is 1. The number of hydrogen-bond acceptors (Lipinski definition) is 5. The summed E-state index contributed by atoms with van der Waals surface area (Å²) in [5, 5.41) is 7.34. The van der Waals surface area contributed by atoms with E-state index in [1.807, 2.05) is 27.7 Å². The van der Waals surface area contributed by atoms with Crippen LogP contribution in [0.2, 0.25) is 0 Å². The Bertz CT molecular complexity index is 1140. The molecule has 0 saturated heterocycles. The van der Waals surface area contributed by atoms with Gasteiger partial charge in [-0.1, -0.05) is 29.8 Å². The van der Waals surface area contributed by atoms with Gasteiger partial charge in [-0.05, 0) is 51.0 Å². The van der Waals surface area contributed by atoms with Crippen molar-refractivity contribution in [2.75, 3.05) is 5.32 Å². The summed E-state index contributed by atoms with van der Waals surface area (Å²) in [5.41, 5.74) is 1.59. The number of amides is 1. The molecule has 0 bridgehead atoms. The first-order valence-electron chi connectivity index (χ1n) is 9.93. The summed E-state index contributed by atoms with van der Waals surface area (Å²) in [4.78, 5) is 30.1. The van der Waals surface area contributed by atoms with Crippen LogP contribution >= 0.6 is 15.9 Å². The van der Waals surface area contributed by atoms with Gasteiger partial charge in [-0.2, -0.15) is 5.10 Å². The van der Waals surface area contributed by atoms with E-state index in [0.29, 0.717) is 15.5 Å². The van der Waals surface area contributed by atoms with E-state index in [1.165, 1.54) is 19.1 Å². The number of esters is 1. The number of hydrogen-bond donors (Lipinski definition) is 1. The lowest BCUT2D eigenvalue weighted by atomic mass is 10.1. The summed E-state index contributed by atoms with van der Waals surface area (Å²) in [7, 11) is 0. The summed E-state index contributed by atoms with van der Waals surface area (Å²) in [6.45, 7) is 9.33. The zero-order valence-corrected chi connectivity index (χ0v) is 19.5. The Hall–Kier alpha value is -2.81. The first kappa shape index (κ1) is 22.9. The minimum atomic E-state index is -1.14. The van der Waals surface area contributed by atoms with Crippen molar-refractivity contribution in [2.45, 2.75) is 52.7 Å². The standard InChI is InChI=1S/C22H24BrFN4O3/c1-11(2)19-9-15(16-10-25-28(12(3)4)20(16)26-19)22(30)31-13(5)21(29)27-18-7-6-14(23)8-17(18)24/h6-13H,1-5H3,(H,27,29). The number of carbonyl (C=O) groups is 2. The first-order valence-corrected chi connectivity index (χ1v) is 10.7. The summed E-state index contributed by atoms with van der Waals surface area (Å²) in [6.07, 6.45) is 0.437. The number of aromatic nitrogens is 3. The smallest absolute Gasteiger partial charge is 0.339 e. The molecular formula is C22H24BrFN4O3. The molecule has 1 amide bonds. The zero-order chi connectivity index (χ0) is 22.9. The van der Waals surface area contributed by atoms with Crippen LogP contribution in [0.1, 0.15) is 62.6 Å². The Labute approximate surface area is 188 Å². The van der Waals surface area contributed by atoms with Gasteiger partial charge in [-0.25, -0.2) is 18.9 Å². The van der Waals surface area contributed by atoms with Crippen LogP contribution < -0.4 is 5.32 Å². The molecule has 0 spiro atoms. The topological polar surface area (TPSA) is 86.1 Å². The molecule has 2 aromatic heterocycles. The number of ether oxygens (including phenoxy) is 1. The van der Waals surface area contributed by atoms with Crippen molar-refractivity contribution < 1.29 is 18.7 Å². The second-order valence-corrected chi connectivity index (χ2v) is 8.75. The van der Waals surface area contributed by atoms with Crippen molar-refractivity contribution in [1.29, 1.82) is 0 Å². The van der Waals surface area contributed by atoms with Crippen LogP contribution in [0, 0.1) is 5.82 Å². The molecule has 0 fully saturated rings. The van der Waals surface area contributed by atoms with Crippen LogP contribution in [-0.2, 0) is 9.53 Å². The number of pyridine rings is 1. The number of halogens is 2. The maximum Gasteiger partial charge on any atom is 0.339 e. The molecule has 0 radical (unpaired) electrons. The Kier molecular flexibility index (Phi) is 6.74. The minimum Gasteiger partial charge on any atom is -0.449 e. The highest BCUT2D eigenvalue weighted by Gasteiger charge is 2.24. The van der Waals surface area contributed by atoms with E-state index < -0.39 is 23.8 Å². The van der Waals surface area contributed by atoms with Crippen molar-refractivity contribution in [3.05, 3.63) is 52.0 Å². The predicted molar refractivity (Wildman–Crippen MR) is 120 cm³/mol. The third-order valence-corrected chi connectivity index (χ3v) is 5.22. The molecule has 7 nitrogen and oxygen atoms in total. The molecule has 1 aromatic carbocycles. The quantitative estimate of drug-likeness (QED) is 0.478. The summed E-state index contributed by atoms with van der Waals surface area (Å²) in [6, 6.07) is 5.98. The Morgan fingerprint density at radius 1 is 1.16 bits per heavy atom. The molecule has 3 aromatic rings. The summed E-state index contributed by atoms with van der Waals surface area (Å²) < 4.78 is 21.7. The molecule has 164 valence electrons. The Morgan fingerprint density at radius 3 is 2.48 bits per heavy atom. The van der Waals surface area contributed by atoms with E-state index in [0.717, 1.165) is 5.69 Å². The lowest BCUT2D eigenvalue weighted by molar-refractivity contribution is -0.123.